The highest BCUT2D eigenvalue weighted by atomic mass is 16.6. The molecule has 5 nitrogen and oxygen atoms in total. The number of hydrogen-bond donors (Lipinski definition) is 1. The second-order valence-electron chi connectivity index (χ2n) is 2.63. The van der Waals surface area contributed by atoms with Crippen LogP contribution in [0.25, 0.3) is 0 Å². The molecular weight excluding hydrogens is 198 g/mol. The van der Waals surface area contributed by atoms with Crippen LogP contribution in [0.2, 0.25) is 0 Å². The molecule has 5 heteroatoms. The van der Waals surface area contributed by atoms with E-state index in [1.54, 1.807) is 0 Å². The number of carbonyl (C=O) groups is 1. The minimum atomic E-state index is -0.579. The average molecular weight is 205 g/mol. The molecule has 0 bridgehead atoms. The largest absolute Gasteiger partial charge is 0.507 e. The van der Waals surface area contributed by atoms with Gasteiger partial charge >= 0.3 is 0 Å². The second kappa shape index (κ2) is 4.77. The molecule has 1 aromatic carbocycles. The highest BCUT2D eigenvalue weighted by Gasteiger charge is 2.08. The third-order valence-corrected chi connectivity index (χ3v) is 1.60. The van der Waals surface area contributed by atoms with Gasteiger partial charge in [-0.05, 0) is 6.07 Å². The monoisotopic (exact) mass is 205 g/mol. The van der Waals surface area contributed by atoms with Gasteiger partial charge in [0.25, 0.3) is 5.69 Å². The molecule has 0 aliphatic carbocycles. The number of aromatic hydroxyl groups is 1. The molecule has 0 spiro atoms. The minimum absolute atomic E-state index is 0.0299. The summed E-state index contributed by atoms with van der Waals surface area (Å²) < 4.78 is 0. The molecule has 0 aromatic heterocycles. The molecule has 0 amide bonds. The van der Waals surface area contributed by atoms with E-state index in [2.05, 4.69) is 11.8 Å². The molecule has 76 valence electrons. The summed E-state index contributed by atoms with van der Waals surface area (Å²) >= 11 is 0. The molecule has 0 unspecified atom stereocenters. The molecule has 0 saturated heterocycles. The summed E-state index contributed by atoms with van der Waals surface area (Å²) in [5.41, 5.74) is -0.00532. The van der Waals surface area contributed by atoms with E-state index in [4.69, 9.17) is 0 Å². The van der Waals surface area contributed by atoms with Gasteiger partial charge in [0.2, 0.25) is 0 Å². The lowest BCUT2D eigenvalue weighted by molar-refractivity contribution is -0.384. The molecule has 0 atom stereocenters. The minimum Gasteiger partial charge on any atom is -0.507 e. The fraction of sp³-hybridized carbons (Fsp3) is 0.100. The molecule has 0 fully saturated rings. The standard InChI is InChI=1S/C10H7NO4/c12-6-2-1-3-8-7-9(11(14)15)4-5-10(8)13/h4-7,13H,2H2. The van der Waals surface area contributed by atoms with Crippen LogP contribution < -0.4 is 0 Å². The van der Waals surface area contributed by atoms with Crippen molar-refractivity contribution < 1.29 is 14.8 Å². The van der Waals surface area contributed by atoms with E-state index < -0.39 is 4.92 Å². The molecule has 0 aliphatic heterocycles. The smallest absolute Gasteiger partial charge is 0.270 e. The highest BCUT2D eigenvalue weighted by Crippen LogP contribution is 2.21. The molecule has 1 N–H and O–H groups in total. The van der Waals surface area contributed by atoms with E-state index in [1.165, 1.54) is 12.1 Å². The average Bonchev–Trinajstić information content (AvgIpc) is 2.20. The Hall–Kier alpha value is -2.35. The number of nitrogens with zero attached hydrogens (tertiary/aromatic N) is 1. The number of nitro groups is 1. The van der Waals surface area contributed by atoms with Gasteiger partial charge in [-0.25, -0.2) is 0 Å². The van der Waals surface area contributed by atoms with Crippen LogP contribution in [0.4, 0.5) is 5.69 Å². The van der Waals surface area contributed by atoms with Gasteiger partial charge in [0.05, 0.1) is 16.9 Å². The lowest BCUT2D eigenvalue weighted by Gasteiger charge is -1.96. The van der Waals surface area contributed by atoms with Crippen LogP contribution in [-0.2, 0) is 4.79 Å². The number of phenols is 1. The van der Waals surface area contributed by atoms with Crippen LogP contribution in [0, 0.1) is 22.0 Å². The first kappa shape index (κ1) is 10.7. The molecule has 0 heterocycles. The molecule has 15 heavy (non-hydrogen) atoms. The van der Waals surface area contributed by atoms with Gasteiger partial charge in [0.1, 0.15) is 12.0 Å². The van der Waals surface area contributed by atoms with Gasteiger partial charge in [-0.15, -0.1) is 0 Å². The van der Waals surface area contributed by atoms with Crippen molar-refractivity contribution in [2.45, 2.75) is 6.42 Å². The van der Waals surface area contributed by atoms with Crippen molar-refractivity contribution in [1.82, 2.24) is 0 Å². The van der Waals surface area contributed by atoms with Crippen LogP contribution in [0.3, 0.4) is 0 Å². The van der Waals surface area contributed by atoms with Crippen LogP contribution in [0.15, 0.2) is 18.2 Å². The zero-order valence-corrected chi connectivity index (χ0v) is 7.64. The summed E-state index contributed by atoms with van der Waals surface area (Å²) in [5, 5.41) is 19.7. The van der Waals surface area contributed by atoms with Crippen LogP contribution in [0.1, 0.15) is 12.0 Å². The molecular formula is C10H7NO4. The van der Waals surface area contributed by atoms with Crippen molar-refractivity contribution >= 4 is 12.0 Å². The SMILES string of the molecule is O=CCC#Cc1cc([N+](=O)[O-])ccc1O. The Kier molecular flexibility index (Phi) is 3.41. The Morgan fingerprint density at radius 3 is 2.87 bits per heavy atom. The maximum atomic E-state index is 10.4. The fourth-order valence-electron chi connectivity index (χ4n) is 0.926. The summed E-state index contributed by atoms with van der Waals surface area (Å²) in [6.45, 7) is 0. The number of nitro benzene ring substituents is 1. The molecule has 1 aromatic rings. The van der Waals surface area contributed by atoms with E-state index in [1.807, 2.05) is 0 Å². The third kappa shape index (κ3) is 2.81. The van der Waals surface area contributed by atoms with Gasteiger partial charge in [-0.2, -0.15) is 0 Å². The molecule has 0 aliphatic rings. The lowest BCUT2D eigenvalue weighted by Crippen LogP contribution is -1.88. The Balaban J connectivity index is 3.07. The van der Waals surface area contributed by atoms with Gasteiger partial charge in [0, 0.05) is 12.1 Å². The number of carbonyl (C=O) groups excluding carboxylic acids is 1. The maximum Gasteiger partial charge on any atom is 0.270 e. The number of hydrogen-bond acceptors (Lipinski definition) is 4. The number of benzene rings is 1. The van der Waals surface area contributed by atoms with Gasteiger partial charge in [-0.1, -0.05) is 11.8 Å². The fourth-order valence-corrected chi connectivity index (χ4v) is 0.926. The van der Waals surface area contributed by atoms with E-state index in [0.717, 1.165) is 6.07 Å². The summed E-state index contributed by atoms with van der Waals surface area (Å²) in [6.07, 6.45) is 0.642. The second-order valence-corrected chi connectivity index (χ2v) is 2.63. The van der Waals surface area contributed by atoms with Crippen LogP contribution in [-0.4, -0.2) is 16.3 Å². The number of aldehydes is 1. The zero-order chi connectivity index (χ0) is 11.3. The first-order valence-electron chi connectivity index (χ1n) is 4.05. The van der Waals surface area contributed by atoms with E-state index in [9.17, 15) is 20.0 Å². The topological polar surface area (TPSA) is 80.4 Å². The maximum absolute atomic E-state index is 10.4. The number of phenolic OH excluding ortho intramolecular Hbond substituents is 1. The van der Waals surface area contributed by atoms with E-state index >= 15 is 0 Å². The Morgan fingerprint density at radius 2 is 2.27 bits per heavy atom. The highest BCUT2D eigenvalue weighted by molar-refractivity contribution is 5.57. The van der Waals surface area contributed by atoms with Gasteiger partial charge in [0.15, 0.2) is 0 Å². The number of non-ortho nitro benzene ring substituents is 1. The van der Waals surface area contributed by atoms with Crippen molar-refractivity contribution in [2.75, 3.05) is 0 Å². The van der Waals surface area contributed by atoms with Gasteiger partial charge < -0.3 is 9.90 Å². The summed E-state index contributed by atoms with van der Waals surface area (Å²) in [4.78, 5) is 19.8. The van der Waals surface area contributed by atoms with Crippen molar-refractivity contribution in [2.24, 2.45) is 0 Å². The first-order chi connectivity index (χ1) is 7.15. The number of rotatable bonds is 2. The summed E-state index contributed by atoms with van der Waals surface area (Å²) in [7, 11) is 0. The zero-order valence-electron chi connectivity index (χ0n) is 7.64. The first-order valence-corrected chi connectivity index (χ1v) is 4.05. The van der Waals surface area contributed by atoms with E-state index in [-0.39, 0.29) is 23.4 Å². The van der Waals surface area contributed by atoms with Crippen LogP contribution in [0.5, 0.6) is 5.75 Å². The molecule has 1 rings (SSSR count). The van der Waals surface area contributed by atoms with Crippen molar-refractivity contribution in [3.05, 3.63) is 33.9 Å². The summed E-state index contributed by atoms with van der Waals surface area (Å²) in [5.74, 6) is 4.79. The third-order valence-electron chi connectivity index (χ3n) is 1.60. The van der Waals surface area contributed by atoms with Crippen molar-refractivity contribution in [1.29, 1.82) is 0 Å². The summed E-state index contributed by atoms with van der Waals surface area (Å²) in [6, 6.07) is 3.54. The van der Waals surface area contributed by atoms with E-state index in [0.29, 0.717) is 6.29 Å². The van der Waals surface area contributed by atoms with Crippen molar-refractivity contribution in [3.63, 3.8) is 0 Å². The van der Waals surface area contributed by atoms with Crippen molar-refractivity contribution in [3.8, 4) is 17.6 Å². The van der Waals surface area contributed by atoms with Gasteiger partial charge in [-0.3, -0.25) is 10.1 Å². The van der Waals surface area contributed by atoms with Crippen LogP contribution >= 0.6 is 0 Å². The predicted octanol–water partition coefficient (Wildman–Crippen LogP) is 1.24. The molecule has 0 saturated carbocycles. The Bertz CT molecular complexity index is 456. The normalized spacial score (nSPS) is 8.80. The molecule has 0 radical (unpaired) electrons. The lowest BCUT2D eigenvalue weighted by atomic mass is 10.2. The quantitative estimate of drug-likeness (QED) is 0.341. The Labute approximate surface area is 85.5 Å². The Morgan fingerprint density at radius 1 is 1.53 bits per heavy atom. The predicted molar refractivity (Wildman–Crippen MR) is 52.3 cm³/mol.